The van der Waals surface area contributed by atoms with Crippen LogP contribution in [0.1, 0.15) is 42.0 Å². The van der Waals surface area contributed by atoms with E-state index in [9.17, 15) is 0 Å². The van der Waals surface area contributed by atoms with Crippen LogP contribution in [0.5, 0.6) is 0 Å². The van der Waals surface area contributed by atoms with Gasteiger partial charge in [-0.15, -0.1) is 23.2 Å². The van der Waals surface area contributed by atoms with E-state index < -0.39 is 0 Å². The second-order valence-electron chi connectivity index (χ2n) is 5.57. The van der Waals surface area contributed by atoms with Crippen LogP contribution in [-0.2, 0) is 6.42 Å². The van der Waals surface area contributed by atoms with Gasteiger partial charge in [-0.05, 0) is 50.3 Å². The van der Waals surface area contributed by atoms with Crippen molar-refractivity contribution in [1.82, 2.24) is 0 Å². The molecule has 0 nitrogen and oxygen atoms in total. The molecule has 0 radical (unpaired) electrons. The lowest BCUT2D eigenvalue weighted by atomic mass is 9.79. The van der Waals surface area contributed by atoms with Crippen molar-refractivity contribution in [2.45, 2.75) is 47.0 Å². The van der Waals surface area contributed by atoms with E-state index in [1.165, 1.54) is 22.3 Å². The fraction of sp³-hybridized carbons (Fsp3) is 0.625. The summed E-state index contributed by atoms with van der Waals surface area (Å²) < 4.78 is 0. The van der Waals surface area contributed by atoms with Gasteiger partial charge in [-0.1, -0.05) is 31.0 Å². The molecule has 0 aliphatic rings. The van der Waals surface area contributed by atoms with E-state index in [4.69, 9.17) is 23.2 Å². The van der Waals surface area contributed by atoms with Crippen LogP contribution in [0, 0.1) is 26.2 Å². The molecular weight excluding hydrogens is 263 g/mol. The van der Waals surface area contributed by atoms with Gasteiger partial charge in [0.05, 0.1) is 0 Å². The van der Waals surface area contributed by atoms with Gasteiger partial charge in [0, 0.05) is 17.2 Å². The van der Waals surface area contributed by atoms with Crippen LogP contribution in [0.3, 0.4) is 0 Å². The number of hydrogen-bond donors (Lipinski definition) is 0. The van der Waals surface area contributed by atoms with Gasteiger partial charge >= 0.3 is 0 Å². The van der Waals surface area contributed by atoms with Gasteiger partial charge in [-0.2, -0.15) is 0 Å². The van der Waals surface area contributed by atoms with Crippen LogP contribution >= 0.6 is 23.2 Å². The van der Waals surface area contributed by atoms with E-state index in [0.29, 0.717) is 11.8 Å². The summed E-state index contributed by atoms with van der Waals surface area (Å²) in [5.74, 6) is 1.27. The third-order valence-corrected chi connectivity index (χ3v) is 4.87. The van der Waals surface area contributed by atoms with Crippen LogP contribution in [0.2, 0.25) is 0 Å². The SMILES string of the molecule is CCCC(CCl)(CCl)Cc1c(C)cc(C)cc1C. The van der Waals surface area contributed by atoms with Gasteiger partial charge in [0.1, 0.15) is 0 Å². The maximum absolute atomic E-state index is 6.20. The molecule has 0 aliphatic carbocycles. The summed E-state index contributed by atoms with van der Waals surface area (Å²) in [5.41, 5.74) is 5.52. The molecule has 0 spiro atoms. The summed E-state index contributed by atoms with van der Waals surface area (Å²) in [7, 11) is 0. The molecule has 0 saturated carbocycles. The first-order valence-electron chi connectivity index (χ1n) is 6.66. The Labute approximate surface area is 122 Å². The van der Waals surface area contributed by atoms with E-state index in [1.54, 1.807) is 0 Å². The Morgan fingerprint density at radius 1 is 1.00 bits per heavy atom. The van der Waals surface area contributed by atoms with Gasteiger partial charge in [-0.25, -0.2) is 0 Å². The van der Waals surface area contributed by atoms with Crippen molar-refractivity contribution >= 4 is 23.2 Å². The third-order valence-electron chi connectivity index (χ3n) is 3.74. The van der Waals surface area contributed by atoms with Crippen molar-refractivity contribution < 1.29 is 0 Å². The lowest BCUT2D eigenvalue weighted by Gasteiger charge is -2.31. The van der Waals surface area contributed by atoms with Gasteiger partial charge in [-0.3, -0.25) is 0 Å². The third kappa shape index (κ3) is 3.65. The highest BCUT2D eigenvalue weighted by Crippen LogP contribution is 2.34. The molecule has 1 aromatic rings. The minimum absolute atomic E-state index is 0.0443. The molecule has 1 rings (SSSR count). The fourth-order valence-corrected chi connectivity index (χ4v) is 3.49. The average Bonchev–Trinajstić information content (AvgIpc) is 2.32. The first-order valence-corrected chi connectivity index (χ1v) is 7.73. The predicted molar refractivity (Wildman–Crippen MR) is 83.1 cm³/mol. The first kappa shape index (κ1) is 15.9. The Hall–Kier alpha value is -0.200. The van der Waals surface area contributed by atoms with Gasteiger partial charge in [0.2, 0.25) is 0 Å². The van der Waals surface area contributed by atoms with Crippen LogP contribution in [0.25, 0.3) is 0 Å². The molecule has 0 amide bonds. The molecule has 0 N–H and O–H groups in total. The molecule has 0 fully saturated rings. The molecule has 102 valence electrons. The smallest absolute Gasteiger partial charge is 0.0294 e. The molecule has 0 atom stereocenters. The summed E-state index contributed by atoms with van der Waals surface area (Å²) in [4.78, 5) is 0. The number of rotatable bonds is 6. The molecule has 0 heterocycles. The van der Waals surface area contributed by atoms with E-state index in [2.05, 4.69) is 39.8 Å². The number of aryl methyl sites for hydroxylation is 3. The molecule has 1 aromatic carbocycles. The molecule has 0 unspecified atom stereocenters. The van der Waals surface area contributed by atoms with Gasteiger partial charge in [0.15, 0.2) is 0 Å². The van der Waals surface area contributed by atoms with E-state index in [1.807, 2.05) is 0 Å². The minimum atomic E-state index is 0.0443. The summed E-state index contributed by atoms with van der Waals surface area (Å²) in [5, 5.41) is 0. The van der Waals surface area contributed by atoms with Crippen molar-refractivity contribution in [2.75, 3.05) is 11.8 Å². The minimum Gasteiger partial charge on any atom is -0.126 e. The van der Waals surface area contributed by atoms with Gasteiger partial charge < -0.3 is 0 Å². The van der Waals surface area contributed by atoms with Gasteiger partial charge in [0.25, 0.3) is 0 Å². The zero-order chi connectivity index (χ0) is 13.8. The molecular formula is C16H24Cl2. The average molecular weight is 287 g/mol. The van der Waals surface area contributed by atoms with E-state index in [0.717, 1.165) is 19.3 Å². The van der Waals surface area contributed by atoms with Crippen LogP contribution in [0.15, 0.2) is 12.1 Å². The molecule has 0 bridgehead atoms. The monoisotopic (exact) mass is 286 g/mol. The Kier molecular flexibility index (Phi) is 6.01. The zero-order valence-electron chi connectivity index (χ0n) is 11.9. The standard InChI is InChI=1S/C16H24Cl2/c1-5-6-16(10-17,11-18)9-15-13(3)7-12(2)8-14(15)4/h7-8H,5-6,9-11H2,1-4H3. The lowest BCUT2D eigenvalue weighted by Crippen LogP contribution is -2.28. The Bertz CT molecular complexity index is 369. The van der Waals surface area contributed by atoms with E-state index >= 15 is 0 Å². The zero-order valence-corrected chi connectivity index (χ0v) is 13.5. The second-order valence-corrected chi connectivity index (χ2v) is 6.11. The quantitative estimate of drug-likeness (QED) is 0.613. The van der Waals surface area contributed by atoms with Crippen LogP contribution in [-0.4, -0.2) is 11.8 Å². The highest BCUT2D eigenvalue weighted by atomic mass is 35.5. The highest BCUT2D eigenvalue weighted by molar-refractivity contribution is 6.21. The summed E-state index contributed by atoms with van der Waals surface area (Å²) >= 11 is 12.4. The summed E-state index contributed by atoms with van der Waals surface area (Å²) in [6, 6.07) is 4.50. The number of hydrogen-bond acceptors (Lipinski definition) is 0. The largest absolute Gasteiger partial charge is 0.126 e. The first-order chi connectivity index (χ1) is 8.48. The van der Waals surface area contributed by atoms with Crippen molar-refractivity contribution in [3.05, 3.63) is 34.4 Å². The number of alkyl halides is 2. The fourth-order valence-electron chi connectivity index (χ4n) is 2.75. The second kappa shape index (κ2) is 6.82. The molecule has 0 aliphatic heterocycles. The molecule has 0 aromatic heterocycles. The molecule has 0 saturated heterocycles. The molecule has 18 heavy (non-hydrogen) atoms. The lowest BCUT2D eigenvalue weighted by molar-refractivity contribution is 0.340. The van der Waals surface area contributed by atoms with Crippen molar-refractivity contribution in [2.24, 2.45) is 5.41 Å². The van der Waals surface area contributed by atoms with Crippen LogP contribution < -0.4 is 0 Å². The van der Waals surface area contributed by atoms with Crippen LogP contribution in [0.4, 0.5) is 0 Å². The Morgan fingerprint density at radius 3 is 1.89 bits per heavy atom. The summed E-state index contributed by atoms with van der Waals surface area (Å²) in [6.07, 6.45) is 3.21. The molecule has 2 heteroatoms. The van der Waals surface area contributed by atoms with Crippen molar-refractivity contribution in [1.29, 1.82) is 0 Å². The maximum atomic E-state index is 6.20. The van der Waals surface area contributed by atoms with E-state index in [-0.39, 0.29) is 5.41 Å². The van der Waals surface area contributed by atoms with Crippen molar-refractivity contribution in [3.63, 3.8) is 0 Å². The topological polar surface area (TPSA) is 0 Å². The highest BCUT2D eigenvalue weighted by Gasteiger charge is 2.29. The number of halogens is 2. The maximum Gasteiger partial charge on any atom is 0.0294 e. The Balaban J connectivity index is 3.08. The summed E-state index contributed by atoms with van der Waals surface area (Å²) in [6.45, 7) is 8.72. The van der Waals surface area contributed by atoms with Crippen molar-refractivity contribution in [3.8, 4) is 0 Å². The Morgan fingerprint density at radius 2 is 1.50 bits per heavy atom. The normalized spacial score (nSPS) is 11.9. The predicted octanol–water partition coefficient (Wildman–Crippen LogP) is 5.42. The number of benzene rings is 1.